The van der Waals surface area contributed by atoms with Crippen molar-refractivity contribution < 1.29 is 17.9 Å². The standard InChI is InChI=1S/C18H13ClF3N3O/c1-11-9-13-15(5-4-14(23-2)17(13)18(20,21)22)25(11)7-8-26-12-3-6-16(19)24-10-12/h3-6,9-10H,7-8H2,1H3. The molecule has 134 valence electrons. The fourth-order valence-electron chi connectivity index (χ4n) is 2.85. The summed E-state index contributed by atoms with van der Waals surface area (Å²) in [6.45, 7) is 9.33. The lowest BCUT2D eigenvalue weighted by molar-refractivity contribution is -0.135. The Morgan fingerprint density at radius 2 is 2.04 bits per heavy atom. The second-order valence-electron chi connectivity index (χ2n) is 5.60. The van der Waals surface area contributed by atoms with Crippen LogP contribution in [-0.2, 0) is 12.7 Å². The minimum atomic E-state index is -4.59. The van der Waals surface area contributed by atoms with Gasteiger partial charge in [-0.15, -0.1) is 0 Å². The largest absolute Gasteiger partial charge is 0.490 e. The van der Waals surface area contributed by atoms with Gasteiger partial charge in [-0.3, -0.25) is 0 Å². The highest BCUT2D eigenvalue weighted by molar-refractivity contribution is 6.29. The van der Waals surface area contributed by atoms with Crippen LogP contribution in [0.1, 0.15) is 11.3 Å². The number of nitrogens with zero attached hydrogens (tertiary/aromatic N) is 3. The van der Waals surface area contributed by atoms with E-state index in [9.17, 15) is 13.2 Å². The Hall–Kier alpha value is -2.72. The normalized spacial score (nSPS) is 11.5. The van der Waals surface area contributed by atoms with Crippen LogP contribution in [0.5, 0.6) is 5.75 Å². The number of hydrogen-bond acceptors (Lipinski definition) is 2. The molecule has 0 saturated heterocycles. The van der Waals surface area contributed by atoms with Crippen molar-refractivity contribution in [1.29, 1.82) is 0 Å². The molecular weight excluding hydrogens is 367 g/mol. The topological polar surface area (TPSA) is 31.4 Å². The van der Waals surface area contributed by atoms with Gasteiger partial charge in [0, 0.05) is 16.6 Å². The van der Waals surface area contributed by atoms with Crippen LogP contribution in [0.15, 0.2) is 36.5 Å². The SMILES string of the molecule is [C-]#[N+]c1ccc2c(cc(C)n2CCOc2ccc(Cl)nc2)c1C(F)(F)F. The number of rotatable bonds is 4. The van der Waals surface area contributed by atoms with Gasteiger partial charge in [0.15, 0.2) is 5.69 Å². The Kier molecular flexibility index (Phi) is 4.79. The molecule has 0 unspecified atom stereocenters. The second kappa shape index (κ2) is 6.89. The van der Waals surface area contributed by atoms with Gasteiger partial charge in [-0.05, 0) is 31.2 Å². The first-order valence-corrected chi connectivity index (χ1v) is 8.01. The van der Waals surface area contributed by atoms with Crippen molar-refractivity contribution in [3.63, 3.8) is 0 Å². The predicted molar refractivity (Wildman–Crippen MR) is 92.7 cm³/mol. The lowest BCUT2D eigenvalue weighted by Gasteiger charge is -2.13. The van der Waals surface area contributed by atoms with Crippen LogP contribution in [0.4, 0.5) is 18.9 Å². The van der Waals surface area contributed by atoms with Crippen LogP contribution >= 0.6 is 11.6 Å². The highest BCUT2D eigenvalue weighted by Gasteiger charge is 2.36. The van der Waals surface area contributed by atoms with Crippen LogP contribution in [0, 0.1) is 13.5 Å². The fourth-order valence-corrected chi connectivity index (χ4v) is 2.96. The molecule has 0 aliphatic heterocycles. The number of pyridine rings is 1. The average Bonchev–Trinajstić information content (AvgIpc) is 2.90. The summed E-state index contributed by atoms with van der Waals surface area (Å²) in [5, 5.41) is 0.372. The molecule has 0 fully saturated rings. The van der Waals surface area contributed by atoms with E-state index in [1.165, 1.54) is 24.4 Å². The summed E-state index contributed by atoms with van der Waals surface area (Å²) in [5.41, 5.74) is -0.217. The molecule has 0 aliphatic rings. The third-order valence-electron chi connectivity index (χ3n) is 3.96. The number of alkyl halides is 3. The number of benzene rings is 1. The van der Waals surface area contributed by atoms with Crippen LogP contribution in [-0.4, -0.2) is 16.2 Å². The lowest BCUT2D eigenvalue weighted by atomic mass is 10.1. The van der Waals surface area contributed by atoms with Crippen molar-refractivity contribution in [1.82, 2.24) is 9.55 Å². The van der Waals surface area contributed by atoms with Crippen molar-refractivity contribution in [2.75, 3.05) is 6.61 Å². The van der Waals surface area contributed by atoms with Crippen LogP contribution in [0.25, 0.3) is 15.7 Å². The van der Waals surface area contributed by atoms with Gasteiger partial charge in [0.25, 0.3) is 0 Å². The van der Waals surface area contributed by atoms with E-state index in [-0.39, 0.29) is 12.0 Å². The summed E-state index contributed by atoms with van der Waals surface area (Å²) in [4.78, 5) is 6.91. The van der Waals surface area contributed by atoms with Crippen molar-refractivity contribution in [2.45, 2.75) is 19.6 Å². The van der Waals surface area contributed by atoms with Gasteiger partial charge in [-0.2, -0.15) is 13.2 Å². The van der Waals surface area contributed by atoms with Crippen LogP contribution < -0.4 is 4.74 Å². The summed E-state index contributed by atoms with van der Waals surface area (Å²) in [6.07, 6.45) is -3.11. The molecule has 0 saturated carbocycles. The number of fused-ring (bicyclic) bond motifs is 1. The van der Waals surface area contributed by atoms with Crippen molar-refractivity contribution in [3.8, 4) is 5.75 Å². The number of aryl methyl sites for hydroxylation is 1. The van der Waals surface area contributed by atoms with Crippen LogP contribution in [0.2, 0.25) is 5.15 Å². The minimum absolute atomic E-state index is 0.0247. The maximum Gasteiger partial charge on any atom is 0.408 e. The van der Waals surface area contributed by atoms with Crippen molar-refractivity contribution in [3.05, 3.63) is 64.4 Å². The van der Waals surface area contributed by atoms with E-state index in [2.05, 4.69) is 9.83 Å². The van der Waals surface area contributed by atoms with Gasteiger partial charge in [0.05, 0.1) is 24.9 Å². The quantitative estimate of drug-likeness (QED) is 0.433. The van der Waals surface area contributed by atoms with Gasteiger partial charge in [-0.1, -0.05) is 17.7 Å². The van der Waals surface area contributed by atoms with Gasteiger partial charge in [0.2, 0.25) is 0 Å². The summed E-state index contributed by atoms with van der Waals surface area (Å²) in [6, 6.07) is 7.46. The number of halogens is 4. The number of ether oxygens (including phenoxy) is 1. The van der Waals surface area contributed by atoms with E-state index >= 15 is 0 Å². The molecule has 0 spiro atoms. The zero-order valence-corrected chi connectivity index (χ0v) is 14.4. The maximum atomic E-state index is 13.4. The third kappa shape index (κ3) is 3.46. The molecule has 0 radical (unpaired) electrons. The molecule has 0 amide bonds. The van der Waals surface area contributed by atoms with E-state index in [4.69, 9.17) is 22.9 Å². The summed E-state index contributed by atoms with van der Waals surface area (Å²) < 4.78 is 47.6. The van der Waals surface area contributed by atoms with E-state index in [1.807, 2.05) is 0 Å². The number of hydrogen-bond donors (Lipinski definition) is 0. The van der Waals surface area contributed by atoms with Gasteiger partial charge < -0.3 is 9.30 Å². The summed E-state index contributed by atoms with van der Waals surface area (Å²) in [7, 11) is 0. The Morgan fingerprint density at radius 3 is 2.65 bits per heavy atom. The Bertz CT molecular complexity index is 988. The minimum Gasteiger partial charge on any atom is -0.490 e. The molecule has 26 heavy (non-hydrogen) atoms. The molecule has 8 heteroatoms. The zero-order valence-electron chi connectivity index (χ0n) is 13.6. The lowest BCUT2D eigenvalue weighted by Crippen LogP contribution is -2.10. The summed E-state index contributed by atoms with van der Waals surface area (Å²) >= 11 is 5.71. The monoisotopic (exact) mass is 379 g/mol. The molecular formula is C18H13ClF3N3O. The Labute approximate surface area is 152 Å². The molecule has 2 heterocycles. The highest BCUT2D eigenvalue weighted by Crippen LogP contribution is 2.42. The first kappa shape index (κ1) is 18.1. The zero-order chi connectivity index (χ0) is 18.9. The number of aromatic nitrogens is 2. The van der Waals surface area contributed by atoms with E-state index in [0.29, 0.717) is 28.7 Å². The molecule has 1 aromatic carbocycles. The Balaban J connectivity index is 1.91. The van der Waals surface area contributed by atoms with Crippen LogP contribution in [0.3, 0.4) is 0 Å². The van der Waals surface area contributed by atoms with Crippen molar-refractivity contribution in [2.24, 2.45) is 0 Å². The molecule has 0 N–H and O–H groups in total. The third-order valence-corrected chi connectivity index (χ3v) is 4.18. The summed E-state index contributed by atoms with van der Waals surface area (Å²) in [5.74, 6) is 0.523. The van der Waals surface area contributed by atoms with Gasteiger partial charge in [0.1, 0.15) is 17.5 Å². The molecule has 2 aromatic heterocycles. The smallest absolute Gasteiger partial charge is 0.408 e. The second-order valence-corrected chi connectivity index (χ2v) is 5.99. The molecule has 3 rings (SSSR count). The van der Waals surface area contributed by atoms with Crippen molar-refractivity contribution >= 4 is 28.2 Å². The predicted octanol–water partition coefficient (Wildman–Crippen LogP) is 5.65. The maximum absolute atomic E-state index is 13.4. The fraction of sp³-hybridized carbons (Fsp3) is 0.222. The molecule has 4 nitrogen and oxygen atoms in total. The Morgan fingerprint density at radius 1 is 1.27 bits per heavy atom. The molecule has 0 bridgehead atoms. The average molecular weight is 380 g/mol. The first-order chi connectivity index (χ1) is 12.3. The van der Waals surface area contributed by atoms with E-state index < -0.39 is 17.4 Å². The first-order valence-electron chi connectivity index (χ1n) is 7.63. The molecule has 0 aliphatic carbocycles. The van der Waals surface area contributed by atoms with E-state index in [1.54, 1.807) is 23.6 Å². The van der Waals surface area contributed by atoms with Gasteiger partial charge in [-0.25, -0.2) is 9.83 Å². The van der Waals surface area contributed by atoms with Gasteiger partial charge >= 0.3 is 6.18 Å². The molecule has 0 atom stereocenters. The molecule has 3 aromatic rings. The highest BCUT2D eigenvalue weighted by atomic mass is 35.5. The van der Waals surface area contributed by atoms with E-state index in [0.717, 1.165) is 0 Å².